The van der Waals surface area contributed by atoms with Crippen molar-refractivity contribution in [2.75, 3.05) is 0 Å². The van der Waals surface area contributed by atoms with Crippen molar-refractivity contribution < 1.29 is 4.74 Å². The largest absolute Gasteiger partial charge is 0.375 e. The van der Waals surface area contributed by atoms with Crippen molar-refractivity contribution >= 4 is 33.4 Å². The molecule has 0 amide bonds. The highest BCUT2D eigenvalue weighted by molar-refractivity contribution is 5.91. The van der Waals surface area contributed by atoms with Crippen LogP contribution in [0.15, 0.2) is 36.4 Å². The lowest BCUT2D eigenvalue weighted by Crippen LogP contribution is -2.22. The Morgan fingerprint density at radius 2 is 0.836 bits per heavy atom. The first-order valence-electron chi connectivity index (χ1n) is 22.6. The van der Waals surface area contributed by atoms with Crippen LogP contribution in [0, 0.1) is 83.1 Å². The Labute approximate surface area is 362 Å². The van der Waals surface area contributed by atoms with E-state index in [-0.39, 0.29) is 12.2 Å². The quantitative estimate of drug-likeness (QED) is 0.109. The molecule has 0 aliphatic rings. The van der Waals surface area contributed by atoms with E-state index >= 15 is 0 Å². The summed E-state index contributed by atoms with van der Waals surface area (Å²) in [6.45, 7) is 32.5. The average Bonchev–Trinajstić information content (AvgIpc) is 3.90. The molecule has 0 saturated heterocycles. The van der Waals surface area contributed by atoms with E-state index in [1.807, 2.05) is 0 Å². The zero-order chi connectivity index (χ0) is 43.6. The summed E-state index contributed by atoms with van der Waals surface area (Å²) in [6.07, 6.45) is 6.49. The van der Waals surface area contributed by atoms with E-state index in [1.165, 1.54) is 66.7 Å². The lowest BCUT2D eigenvalue weighted by molar-refractivity contribution is -0.0261. The Bertz CT molecular complexity index is 2720. The van der Waals surface area contributed by atoms with Crippen LogP contribution in [0.4, 0.5) is 0 Å². The van der Waals surface area contributed by atoms with Gasteiger partial charge in [-0.3, -0.25) is 0 Å². The molecule has 2 unspecified atom stereocenters. The Hall–Kier alpha value is -5.28. The van der Waals surface area contributed by atoms with E-state index in [1.54, 1.807) is 0 Å². The monoisotopic (exact) mass is 819 g/mol. The van der Waals surface area contributed by atoms with Gasteiger partial charge in [0.1, 0.15) is 11.3 Å². The number of hydrogen-bond donors (Lipinski definition) is 0. The first-order valence-corrected chi connectivity index (χ1v) is 22.6. The van der Waals surface area contributed by atoms with Gasteiger partial charge in [0.2, 0.25) is 0 Å². The summed E-state index contributed by atoms with van der Waals surface area (Å²) in [4.78, 5) is 10.4. The molecule has 0 fully saturated rings. The zero-order valence-corrected chi connectivity index (χ0v) is 39.3. The van der Waals surface area contributed by atoms with Crippen LogP contribution in [0.2, 0.25) is 0 Å². The molecular formula is C52H66N8O. The van der Waals surface area contributed by atoms with E-state index in [0.717, 1.165) is 108 Å². The van der Waals surface area contributed by atoms with Gasteiger partial charge in [-0.2, -0.15) is 19.2 Å². The fraction of sp³-hybridized carbons (Fsp3) is 0.462. The minimum absolute atomic E-state index is 0.211. The van der Waals surface area contributed by atoms with Crippen molar-refractivity contribution in [3.63, 3.8) is 0 Å². The molecule has 2 aromatic carbocycles. The van der Waals surface area contributed by atoms with Gasteiger partial charge >= 0.3 is 0 Å². The summed E-state index contributed by atoms with van der Waals surface area (Å²) >= 11 is 0. The van der Waals surface area contributed by atoms with Crippen LogP contribution < -0.4 is 0 Å². The van der Waals surface area contributed by atoms with E-state index < -0.39 is 0 Å². The number of rotatable bonds is 14. The fourth-order valence-corrected chi connectivity index (χ4v) is 10.5. The Morgan fingerprint density at radius 1 is 0.475 bits per heavy atom. The highest BCUT2D eigenvalue weighted by atomic mass is 16.5. The Kier molecular flexibility index (Phi) is 11.5. The smallest absolute Gasteiger partial charge is 0.165 e. The molecule has 0 N–H and O–H groups in total. The summed E-state index contributed by atoms with van der Waals surface area (Å²) in [5, 5.41) is 12.7. The van der Waals surface area contributed by atoms with E-state index in [4.69, 9.17) is 24.9 Å². The number of nitrogens with zero attached hydrogens (tertiary/aromatic N) is 8. The fourth-order valence-electron chi connectivity index (χ4n) is 10.5. The number of hydrogen-bond acceptors (Lipinski definition) is 5. The van der Waals surface area contributed by atoms with Crippen LogP contribution in [-0.4, -0.2) is 50.5 Å². The van der Waals surface area contributed by atoms with Crippen molar-refractivity contribution in [1.29, 1.82) is 0 Å². The van der Waals surface area contributed by atoms with Crippen molar-refractivity contribution in [3.8, 4) is 22.3 Å². The second kappa shape index (κ2) is 16.5. The van der Waals surface area contributed by atoms with E-state index in [2.05, 4.69) is 151 Å². The Balaban J connectivity index is 0.982. The summed E-state index contributed by atoms with van der Waals surface area (Å²) in [7, 11) is 0. The van der Waals surface area contributed by atoms with E-state index in [0.29, 0.717) is 0 Å². The van der Waals surface area contributed by atoms with Gasteiger partial charge in [0.25, 0.3) is 0 Å². The molecular weight excluding hydrogens is 753 g/mol. The van der Waals surface area contributed by atoms with Crippen LogP contribution >= 0.6 is 0 Å². The lowest BCUT2D eigenvalue weighted by atomic mass is 9.94. The lowest BCUT2D eigenvalue weighted by Gasteiger charge is -2.24. The summed E-state index contributed by atoms with van der Waals surface area (Å²) in [5.74, 6) is 0. The summed E-state index contributed by atoms with van der Waals surface area (Å²) in [5.41, 5.74) is 23.2. The van der Waals surface area contributed by atoms with Gasteiger partial charge in [-0.15, -0.1) is 0 Å². The Morgan fingerprint density at radius 3 is 1.18 bits per heavy atom. The number of aromatic nitrogens is 8. The van der Waals surface area contributed by atoms with Gasteiger partial charge in [-0.1, -0.05) is 49.2 Å². The maximum absolute atomic E-state index is 6.93. The van der Waals surface area contributed by atoms with Crippen molar-refractivity contribution in [2.24, 2.45) is 0 Å². The molecule has 8 aromatic rings. The number of fused-ring (bicyclic) bond motifs is 6. The highest BCUT2D eigenvalue weighted by Gasteiger charge is 2.25. The van der Waals surface area contributed by atoms with Gasteiger partial charge in [-0.25, -0.2) is 9.97 Å². The van der Waals surface area contributed by atoms with Gasteiger partial charge in [0.05, 0.1) is 46.1 Å². The van der Waals surface area contributed by atoms with Gasteiger partial charge in [-0.05, 0) is 167 Å². The number of benzene rings is 2. The molecule has 0 spiro atoms. The van der Waals surface area contributed by atoms with Gasteiger partial charge in [0, 0.05) is 35.2 Å². The maximum Gasteiger partial charge on any atom is 0.165 e. The normalized spacial score (nSPS) is 13.2. The topological polar surface area (TPSA) is 79.5 Å². The predicted molar refractivity (Wildman–Crippen MR) is 252 cm³/mol. The van der Waals surface area contributed by atoms with Crippen LogP contribution in [-0.2, 0) is 17.8 Å². The molecule has 6 heterocycles. The van der Waals surface area contributed by atoms with Crippen molar-refractivity contribution in [3.05, 3.63) is 104 Å². The average molecular weight is 819 g/mol. The van der Waals surface area contributed by atoms with Crippen LogP contribution in [0.1, 0.15) is 120 Å². The molecule has 2 atom stereocenters. The maximum atomic E-state index is 6.93. The zero-order valence-electron chi connectivity index (χ0n) is 39.3. The minimum Gasteiger partial charge on any atom is -0.375 e. The predicted octanol–water partition coefficient (Wildman–Crippen LogP) is 12.6. The second-order valence-electron chi connectivity index (χ2n) is 18.2. The first kappa shape index (κ1) is 42.4. The molecule has 61 heavy (non-hydrogen) atoms. The van der Waals surface area contributed by atoms with Gasteiger partial charge in [0.15, 0.2) is 11.3 Å². The summed E-state index contributed by atoms with van der Waals surface area (Å²) in [6, 6.07) is 13.6. The molecule has 8 rings (SSSR count). The molecule has 9 heteroatoms. The molecule has 0 aliphatic carbocycles. The molecule has 6 aromatic heterocycles. The third-order valence-corrected chi connectivity index (χ3v) is 13.3. The molecule has 0 saturated carbocycles. The van der Waals surface area contributed by atoms with Gasteiger partial charge < -0.3 is 13.9 Å². The minimum atomic E-state index is 0.211. The first-order chi connectivity index (χ1) is 29.1. The number of ether oxygens (including phenoxy) is 1. The van der Waals surface area contributed by atoms with Crippen LogP contribution in [0.5, 0.6) is 0 Å². The van der Waals surface area contributed by atoms with E-state index in [9.17, 15) is 0 Å². The standard InChI is InChI=1S/C52H66N8O/c1-15-41(19-17-21-57-35(9)27-43-37(11)53-49-47(39(13)55-59(49)51(43)57)45-31(5)23-29(3)24-32(45)6)61-42(16-2)20-18-22-58-36(10)28-44-38(12)54-50-48(40(14)56-60(50)52(44)58)46-33(7)25-30(4)26-34(46)8/h23-28,41-42H,15-22H2,1-14H3. The third-order valence-electron chi connectivity index (χ3n) is 13.3. The SMILES string of the molecule is CCC(CCCn1c(C)cc2c(C)nc3c(-c4c(C)cc(C)cc4C)c(C)nn3c21)OC(CC)CCCn1c(C)cc2c(C)nc3c(-c4c(C)cc(C)cc4C)c(C)nn3c21. The van der Waals surface area contributed by atoms with Crippen LogP contribution in [0.25, 0.3) is 55.6 Å². The van der Waals surface area contributed by atoms with Crippen molar-refractivity contribution in [2.45, 2.75) is 161 Å². The molecule has 320 valence electrons. The number of aryl methyl sites for hydroxylation is 14. The molecule has 0 bridgehead atoms. The van der Waals surface area contributed by atoms with Crippen LogP contribution in [0.3, 0.4) is 0 Å². The molecule has 9 nitrogen and oxygen atoms in total. The third kappa shape index (κ3) is 7.47. The second-order valence-corrected chi connectivity index (χ2v) is 18.2. The molecule has 0 aliphatic heterocycles. The summed E-state index contributed by atoms with van der Waals surface area (Å²) < 4.78 is 16.1. The molecule has 0 radical (unpaired) electrons. The highest BCUT2D eigenvalue weighted by Crippen LogP contribution is 2.38. The van der Waals surface area contributed by atoms with Crippen molar-refractivity contribution in [1.82, 2.24) is 38.3 Å².